The van der Waals surface area contributed by atoms with Gasteiger partial charge < -0.3 is 0 Å². The summed E-state index contributed by atoms with van der Waals surface area (Å²) in [7, 11) is 0. The third kappa shape index (κ3) is 3.67. The minimum absolute atomic E-state index is 0.0178. The average molecular weight is 300 g/mol. The van der Waals surface area contributed by atoms with Gasteiger partial charge in [0.1, 0.15) is 5.15 Å². The zero-order valence-electron chi connectivity index (χ0n) is 10.7. The molecule has 1 saturated heterocycles. The molecule has 1 aromatic rings. The van der Waals surface area contributed by atoms with Crippen molar-refractivity contribution in [1.82, 2.24) is 9.97 Å². The molecular weight excluding hydrogens is 286 g/mol. The van der Waals surface area contributed by atoms with E-state index in [9.17, 15) is 9.59 Å². The Bertz CT molecular complexity index is 503. The Morgan fingerprint density at radius 3 is 2.95 bits per heavy atom. The lowest BCUT2D eigenvalue weighted by Gasteiger charge is -2.14. The predicted molar refractivity (Wildman–Crippen MR) is 75.4 cm³/mol. The van der Waals surface area contributed by atoms with Crippen molar-refractivity contribution in [3.05, 3.63) is 16.9 Å². The highest BCUT2D eigenvalue weighted by atomic mass is 35.5. The van der Waals surface area contributed by atoms with Crippen molar-refractivity contribution in [2.24, 2.45) is 5.92 Å². The summed E-state index contributed by atoms with van der Waals surface area (Å²) < 4.78 is 0. The second-order valence-corrected chi connectivity index (χ2v) is 6.09. The lowest BCUT2D eigenvalue weighted by molar-refractivity contribution is -0.117. The Hall–Kier alpha value is -1.14. The summed E-state index contributed by atoms with van der Waals surface area (Å²) in [4.78, 5) is 32.8. The lowest BCUT2D eigenvalue weighted by atomic mass is 10.1. The van der Waals surface area contributed by atoms with Gasteiger partial charge in [0.15, 0.2) is 5.12 Å². The summed E-state index contributed by atoms with van der Waals surface area (Å²) in [5.74, 6) is 1.14. The molecule has 1 unspecified atom stereocenters. The largest absolute Gasteiger partial charge is 0.288 e. The molecule has 0 bridgehead atoms. The molecule has 5 nitrogen and oxygen atoms in total. The van der Waals surface area contributed by atoms with Crippen LogP contribution in [0.3, 0.4) is 0 Å². The summed E-state index contributed by atoms with van der Waals surface area (Å²) in [6.07, 6.45) is 0.426. The fraction of sp³-hybridized carbons (Fsp3) is 0.500. The zero-order chi connectivity index (χ0) is 14.0. The monoisotopic (exact) mass is 299 g/mol. The standard InChI is InChI=1S/C12H14ClN3O2S/c1-7-3-10(13)15-12(14-7)16-5-9(4-11(16)18)6-19-8(2)17/h3,9H,4-6H2,1-2H3. The highest BCUT2D eigenvalue weighted by molar-refractivity contribution is 8.13. The first-order valence-electron chi connectivity index (χ1n) is 5.90. The Morgan fingerprint density at radius 1 is 1.58 bits per heavy atom. The molecule has 7 heteroatoms. The molecule has 0 spiro atoms. The van der Waals surface area contributed by atoms with Crippen LogP contribution in [0.1, 0.15) is 19.0 Å². The summed E-state index contributed by atoms with van der Waals surface area (Å²) in [5, 5.41) is 0.401. The van der Waals surface area contributed by atoms with Gasteiger partial charge in [0.05, 0.1) is 0 Å². The van der Waals surface area contributed by atoms with Gasteiger partial charge in [-0.1, -0.05) is 23.4 Å². The minimum Gasteiger partial charge on any atom is -0.288 e. The van der Waals surface area contributed by atoms with Crippen molar-refractivity contribution in [3.63, 3.8) is 0 Å². The van der Waals surface area contributed by atoms with Gasteiger partial charge in [-0.05, 0) is 18.9 Å². The number of hydrogen-bond acceptors (Lipinski definition) is 5. The van der Waals surface area contributed by atoms with Crippen LogP contribution in [0.4, 0.5) is 5.95 Å². The zero-order valence-corrected chi connectivity index (χ0v) is 12.3. The van der Waals surface area contributed by atoms with Gasteiger partial charge in [-0.15, -0.1) is 0 Å². The first-order valence-corrected chi connectivity index (χ1v) is 7.27. The first-order chi connectivity index (χ1) is 8.95. The highest BCUT2D eigenvalue weighted by Crippen LogP contribution is 2.26. The van der Waals surface area contributed by atoms with E-state index in [1.54, 1.807) is 17.9 Å². The number of aryl methyl sites for hydroxylation is 1. The van der Waals surface area contributed by atoms with Crippen LogP contribution in [0.15, 0.2) is 6.07 Å². The Morgan fingerprint density at radius 2 is 2.32 bits per heavy atom. The SMILES string of the molecule is CC(=O)SCC1CC(=O)N(c2nc(C)cc(Cl)n2)C1. The summed E-state index contributed by atoms with van der Waals surface area (Å²) in [5.41, 5.74) is 0.726. The van der Waals surface area contributed by atoms with Crippen molar-refractivity contribution >= 4 is 40.3 Å². The minimum atomic E-state index is -0.0178. The van der Waals surface area contributed by atoms with Gasteiger partial charge in [0.25, 0.3) is 0 Å². The maximum Gasteiger partial charge on any atom is 0.233 e. The average Bonchev–Trinajstić information content (AvgIpc) is 2.66. The van der Waals surface area contributed by atoms with Gasteiger partial charge in [-0.3, -0.25) is 14.5 Å². The number of thioether (sulfide) groups is 1. The van der Waals surface area contributed by atoms with Crippen molar-refractivity contribution in [1.29, 1.82) is 0 Å². The third-order valence-corrected chi connectivity index (χ3v) is 4.02. The first kappa shape index (κ1) is 14.3. The van der Waals surface area contributed by atoms with Gasteiger partial charge in [0, 0.05) is 31.3 Å². The quantitative estimate of drug-likeness (QED) is 0.800. The summed E-state index contributed by atoms with van der Waals surface area (Å²) in [6, 6.07) is 1.65. The molecule has 2 rings (SSSR count). The van der Waals surface area contributed by atoms with Crippen LogP contribution in [0.2, 0.25) is 5.15 Å². The number of aromatic nitrogens is 2. The summed E-state index contributed by atoms with van der Waals surface area (Å²) in [6.45, 7) is 3.88. The van der Waals surface area contributed by atoms with Crippen molar-refractivity contribution in [2.75, 3.05) is 17.2 Å². The van der Waals surface area contributed by atoms with Crippen LogP contribution >= 0.6 is 23.4 Å². The smallest absolute Gasteiger partial charge is 0.233 e. The van der Waals surface area contributed by atoms with Crippen LogP contribution in [0.25, 0.3) is 0 Å². The van der Waals surface area contributed by atoms with Gasteiger partial charge in [-0.25, -0.2) is 9.97 Å². The molecule has 1 fully saturated rings. The second-order valence-electron chi connectivity index (χ2n) is 4.51. The van der Waals surface area contributed by atoms with Gasteiger partial charge in [-0.2, -0.15) is 0 Å². The molecule has 1 amide bonds. The molecule has 0 aliphatic carbocycles. The van der Waals surface area contributed by atoms with Crippen molar-refractivity contribution < 1.29 is 9.59 Å². The van der Waals surface area contributed by atoms with E-state index in [1.807, 2.05) is 0 Å². The molecule has 2 heterocycles. The summed E-state index contributed by atoms with van der Waals surface area (Å²) >= 11 is 7.13. The number of nitrogens with zero attached hydrogens (tertiary/aromatic N) is 3. The number of carbonyl (C=O) groups is 2. The molecule has 0 aromatic carbocycles. The number of hydrogen-bond donors (Lipinski definition) is 0. The predicted octanol–water partition coefficient (Wildman–Crippen LogP) is 2.07. The molecule has 0 saturated carbocycles. The second kappa shape index (κ2) is 5.88. The molecule has 1 aliphatic rings. The number of anilines is 1. The molecular formula is C12H14ClN3O2S. The fourth-order valence-corrected chi connectivity index (χ4v) is 2.88. The van der Waals surface area contributed by atoms with Crippen LogP contribution in [0.5, 0.6) is 0 Å². The van der Waals surface area contributed by atoms with Crippen LogP contribution < -0.4 is 4.90 Å². The molecule has 1 aromatic heterocycles. The van der Waals surface area contributed by atoms with E-state index in [2.05, 4.69) is 9.97 Å². The molecule has 0 N–H and O–H groups in total. The number of rotatable bonds is 3. The van der Waals surface area contributed by atoms with Crippen molar-refractivity contribution in [3.8, 4) is 0 Å². The number of carbonyl (C=O) groups excluding carboxylic acids is 2. The normalized spacial score (nSPS) is 19.0. The fourth-order valence-electron chi connectivity index (χ4n) is 1.96. The Labute approximate surface area is 120 Å². The van der Waals surface area contributed by atoms with Gasteiger partial charge in [0.2, 0.25) is 11.9 Å². The Balaban J connectivity index is 2.09. The van der Waals surface area contributed by atoms with Crippen LogP contribution in [-0.2, 0) is 9.59 Å². The maximum absolute atomic E-state index is 12.0. The Kier molecular flexibility index (Phi) is 4.42. The number of halogens is 1. The van der Waals surface area contributed by atoms with E-state index in [-0.39, 0.29) is 16.9 Å². The van der Waals surface area contributed by atoms with Gasteiger partial charge >= 0.3 is 0 Å². The van der Waals surface area contributed by atoms with E-state index in [1.165, 1.54) is 18.7 Å². The van der Waals surface area contributed by atoms with Crippen LogP contribution in [-0.4, -0.2) is 33.3 Å². The molecule has 102 valence electrons. The third-order valence-electron chi connectivity index (χ3n) is 2.78. The molecule has 19 heavy (non-hydrogen) atoms. The maximum atomic E-state index is 12.0. The van der Waals surface area contributed by atoms with Crippen LogP contribution in [0, 0.1) is 12.8 Å². The van der Waals surface area contributed by atoms with E-state index < -0.39 is 0 Å². The van der Waals surface area contributed by atoms with E-state index in [0.29, 0.717) is 29.8 Å². The molecule has 0 radical (unpaired) electrons. The van der Waals surface area contributed by atoms with E-state index in [0.717, 1.165) is 5.69 Å². The molecule has 1 atom stereocenters. The van der Waals surface area contributed by atoms with Crippen molar-refractivity contribution in [2.45, 2.75) is 20.3 Å². The van der Waals surface area contributed by atoms with E-state index >= 15 is 0 Å². The van der Waals surface area contributed by atoms with E-state index in [4.69, 9.17) is 11.6 Å². The highest BCUT2D eigenvalue weighted by Gasteiger charge is 2.32. The topological polar surface area (TPSA) is 63.2 Å². The lowest BCUT2D eigenvalue weighted by Crippen LogP contribution is -2.27. The molecule has 1 aliphatic heterocycles. The number of amides is 1.